The number of nitriles is 1. The molecule has 144 valence electrons. The maximum absolute atomic E-state index is 9.44. The number of nitrogens with zero attached hydrogens (tertiary/aromatic N) is 5. The van der Waals surface area contributed by atoms with Gasteiger partial charge in [0.15, 0.2) is 5.76 Å². The number of benzene rings is 1. The fraction of sp³-hybridized carbons (Fsp3) is 0.238. The van der Waals surface area contributed by atoms with Crippen molar-refractivity contribution in [1.29, 1.82) is 5.26 Å². The van der Waals surface area contributed by atoms with Crippen LogP contribution in [0.5, 0.6) is 0 Å². The summed E-state index contributed by atoms with van der Waals surface area (Å²) in [5.41, 5.74) is 1.20. The number of rotatable bonds is 4. The minimum Gasteiger partial charge on any atom is -0.459 e. The summed E-state index contributed by atoms with van der Waals surface area (Å²) < 4.78 is 16.7. The molecule has 1 fully saturated rings. The predicted octanol–water partition coefficient (Wildman–Crippen LogP) is 4.24. The average Bonchev–Trinajstić information content (AvgIpc) is 3.55. The molecule has 0 radical (unpaired) electrons. The third kappa shape index (κ3) is 3.27. The fourth-order valence-electron chi connectivity index (χ4n) is 3.54. The van der Waals surface area contributed by atoms with Crippen molar-refractivity contribution in [1.82, 2.24) is 15.1 Å². The van der Waals surface area contributed by atoms with Crippen LogP contribution in [-0.4, -0.2) is 28.2 Å². The number of anilines is 1. The third-order valence-corrected chi connectivity index (χ3v) is 5.05. The van der Waals surface area contributed by atoms with Crippen molar-refractivity contribution in [2.45, 2.75) is 18.8 Å². The second-order valence-corrected chi connectivity index (χ2v) is 6.85. The fourth-order valence-corrected chi connectivity index (χ4v) is 3.54. The van der Waals surface area contributed by atoms with Crippen LogP contribution in [0.25, 0.3) is 23.0 Å². The van der Waals surface area contributed by atoms with Gasteiger partial charge in [0.2, 0.25) is 23.3 Å². The van der Waals surface area contributed by atoms with Crippen LogP contribution in [0.15, 0.2) is 62.1 Å². The monoisotopic (exact) mass is 387 g/mol. The van der Waals surface area contributed by atoms with E-state index in [-0.39, 0.29) is 11.6 Å². The van der Waals surface area contributed by atoms with E-state index in [0.717, 1.165) is 18.4 Å². The summed E-state index contributed by atoms with van der Waals surface area (Å²) in [5, 5.41) is 13.6. The first-order valence-corrected chi connectivity index (χ1v) is 9.40. The smallest absolute Gasteiger partial charge is 0.266 e. The lowest BCUT2D eigenvalue weighted by Crippen LogP contribution is -2.33. The first kappa shape index (κ1) is 17.3. The van der Waals surface area contributed by atoms with Crippen molar-refractivity contribution in [3.05, 3.63) is 60.3 Å². The van der Waals surface area contributed by atoms with Gasteiger partial charge in [-0.1, -0.05) is 35.5 Å². The molecule has 8 heteroatoms. The van der Waals surface area contributed by atoms with Gasteiger partial charge in [0.25, 0.3) is 5.89 Å². The van der Waals surface area contributed by atoms with Crippen LogP contribution in [0, 0.1) is 11.3 Å². The topological polar surface area (TPSA) is 105 Å². The Morgan fingerprint density at radius 3 is 2.59 bits per heavy atom. The molecule has 0 saturated carbocycles. The molecule has 1 aliphatic rings. The molecule has 0 atom stereocenters. The molecule has 3 aromatic heterocycles. The van der Waals surface area contributed by atoms with E-state index in [0.29, 0.717) is 42.3 Å². The Bertz CT molecular complexity index is 1130. The molecule has 0 amide bonds. The van der Waals surface area contributed by atoms with Crippen molar-refractivity contribution in [3.63, 3.8) is 0 Å². The van der Waals surface area contributed by atoms with Crippen LogP contribution in [0.4, 0.5) is 5.88 Å². The zero-order chi connectivity index (χ0) is 19.6. The maximum atomic E-state index is 9.44. The Hall–Kier alpha value is -3.86. The Labute approximate surface area is 166 Å². The number of hydrogen-bond donors (Lipinski definition) is 0. The number of aromatic nitrogens is 3. The standard InChI is InChI=1S/C21H17N5O3/c22-13-16-21(28-20(23-16)17-7-4-12-27-17)26-10-8-15(9-11-26)19-24-18(25-29-19)14-5-2-1-3-6-14/h1-7,12,15H,8-11H2. The van der Waals surface area contributed by atoms with Gasteiger partial charge >= 0.3 is 0 Å². The number of furan rings is 1. The molecule has 0 unspecified atom stereocenters. The van der Waals surface area contributed by atoms with E-state index in [9.17, 15) is 5.26 Å². The summed E-state index contributed by atoms with van der Waals surface area (Å²) in [6.45, 7) is 1.41. The van der Waals surface area contributed by atoms with Crippen molar-refractivity contribution >= 4 is 5.88 Å². The largest absolute Gasteiger partial charge is 0.459 e. The lowest BCUT2D eigenvalue weighted by atomic mass is 9.97. The Morgan fingerprint density at radius 2 is 1.86 bits per heavy atom. The van der Waals surface area contributed by atoms with Gasteiger partial charge in [-0.15, -0.1) is 0 Å². The SMILES string of the molecule is N#Cc1nc(-c2ccco2)oc1N1CCC(c2nc(-c3ccccc3)no2)CC1. The van der Waals surface area contributed by atoms with E-state index in [1.165, 1.54) is 0 Å². The number of oxazole rings is 1. The van der Waals surface area contributed by atoms with E-state index >= 15 is 0 Å². The Kier molecular flexibility index (Phi) is 4.33. The molecule has 0 bridgehead atoms. The molecular weight excluding hydrogens is 370 g/mol. The highest BCUT2D eigenvalue weighted by Gasteiger charge is 2.29. The van der Waals surface area contributed by atoms with E-state index in [2.05, 4.69) is 21.2 Å². The minimum absolute atomic E-state index is 0.175. The van der Waals surface area contributed by atoms with E-state index < -0.39 is 0 Å². The maximum Gasteiger partial charge on any atom is 0.266 e. The Balaban J connectivity index is 1.30. The lowest BCUT2D eigenvalue weighted by molar-refractivity contribution is 0.327. The zero-order valence-corrected chi connectivity index (χ0v) is 15.5. The second-order valence-electron chi connectivity index (χ2n) is 6.85. The highest BCUT2D eigenvalue weighted by molar-refractivity contribution is 5.56. The third-order valence-electron chi connectivity index (χ3n) is 5.05. The summed E-state index contributed by atoms with van der Waals surface area (Å²) in [4.78, 5) is 10.9. The van der Waals surface area contributed by atoms with Crippen LogP contribution in [0.3, 0.4) is 0 Å². The predicted molar refractivity (Wildman–Crippen MR) is 103 cm³/mol. The van der Waals surface area contributed by atoms with Gasteiger partial charge in [0.05, 0.1) is 6.26 Å². The van der Waals surface area contributed by atoms with Crippen LogP contribution >= 0.6 is 0 Å². The number of piperidine rings is 1. The van der Waals surface area contributed by atoms with Crippen LogP contribution in [0.2, 0.25) is 0 Å². The number of hydrogen-bond acceptors (Lipinski definition) is 8. The van der Waals surface area contributed by atoms with E-state index in [1.807, 2.05) is 35.2 Å². The van der Waals surface area contributed by atoms with Gasteiger partial charge in [-0.2, -0.15) is 15.2 Å². The summed E-state index contributed by atoms with van der Waals surface area (Å²) in [5.74, 6) is 2.73. The van der Waals surface area contributed by atoms with E-state index in [4.69, 9.17) is 13.4 Å². The zero-order valence-electron chi connectivity index (χ0n) is 15.5. The molecule has 1 aromatic carbocycles. The van der Waals surface area contributed by atoms with Crippen LogP contribution in [0.1, 0.15) is 30.3 Å². The summed E-state index contributed by atoms with van der Waals surface area (Å²) in [6.07, 6.45) is 3.18. The molecule has 1 aliphatic heterocycles. The quantitative estimate of drug-likeness (QED) is 0.512. The summed E-state index contributed by atoms with van der Waals surface area (Å²) in [7, 11) is 0. The van der Waals surface area contributed by atoms with Crippen LogP contribution in [-0.2, 0) is 0 Å². The molecule has 8 nitrogen and oxygen atoms in total. The summed E-state index contributed by atoms with van der Waals surface area (Å²) >= 11 is 0. The molecule has 0 spiro atoms. The highest BCUT2D eigenvalue weighted by atomic mass is 16.5. The van der Waals surface area contributed by atoms with Gasteiger partial charge in [0.1, 0.15) is 6.07 Å². The van der Waals surface area contributed by atoms with Gasteiger partial charge in [-0.25, -0.2) is 0 Å². The second kappa shape index (κ2) is 7.28. The van der Waals surface area contributed by atoms with Crippen molar-refractivity contribution in [2.24, 2.45) is 0 Å². The first-order chi connectivity index (χ1) is 14.3. The average molecular weight is 387 g/mol. The molecule has 29 heavy (non-hydrogen) atoms. The van der Waals surface area contributed by atoms with Gasteiger partial charge < -0.3 is 18.3 Å². The lowest BCUT2D eigenvalue weighted by Gasteiger charge is -2.29. The van der Waals surface area contributed by atoms with Crippen LogP contribution < -0.4 is 4.90 Å². The first-order valence-electron chi connectivity index (χ1n) is 9.40. The normalized spacial score (nSPS) is 14.8. The van der Waals surface area contributed by atoms with Gasteiger partial charge in [-0.3, -0.25) is 0 Å². The van der Waals surface area contributed by atoms with Gasteiger partial charge in [0, 0.05) is 24.6 Å². The molecule has 5 rings (SSSR count). The molecule has 4 heterocycles. The van der Waals surface area contributed by atoms with Crippen molar-refractivity contribution < 1.29 is 13.4 Å². The van der Waals surface area contributed by atoms with Crippen molar-refractivity contribution in [2.75, 3.05) is 18.0 Å². The molecule has 0 N–H and O–H groups in total. The summed E-state index contributed by atoms with van der Waals surface area (Å²) in [6, 6.07) is 15.4. The van der Waals surface area contributed by atoms with Crippen molar-refractivity contribution in [3.8, 4) is 29.1 Å². The van der Waals surface area contributed by atoms with Gasteiger partial charge in [-0.05, 0) is 25.0 Å². The highest BCUT2D eigenvalue weighted by Crippen LogP contribution is 2.34. The molecule has 4 aromatic rings. The Morgan fingerprint density at radius 1 is 1.03 bits per heavy atom. The molecule has 0 aliphatic carbocycles. The minimum atomic E-state index is 0.175. The molecular formula is C21H17N5O3. The molecule has 1 saturated heterocycles. The van der Waals surface area contributed by atoms with E-state index in [1.54, 1.807) is 18.4 Å².